The second kappa shape index (κ2) is 6.94. The van der Waals surface area contributed by atoms with Crippen LogP contribution in [0.4, 0.5) is 0 Å². The van der Waals surface area contributed by atoms with Crippen molar-refractivity contribution in [1.82, 2.24) is 0 Å². The van der Waals surface area contributed by atoms with Gasteiger partial charge in [-0.3, -0.25) is 0 Å². The first-order valence-electron chi connectivity index (χ1n) is 9.10. The van der Waals surface area contributed by atoms with Crippen LogP contribution in [0.3, 0.4) is 0 Å². The van der Waals surface area contributed by atoms with Gasteiger partial charge < -0.3 is 19.3 Å². The van der Waals surface area contributed by atoms with Gasteiger partial charge in [-0.2, -0.15) is 0 Å². The third kappa shape index (κ3) is 3.36. The number of hydrogen-bond donors (Lipinski definition) is 3. The summed E-state index contributed by atoms with van der Waals surface area (Å²) in [4.78, 5) is 15.1. The Hall–Kier alpha value is -2.63. The van der Waals surface area contributed by atoms with Crippen molar-refractivity contribution in [2.45, 2.75) is 6.54 Å². The molecule has 1 aliphatic rings. The highest BCUT2D eigenvalue weighted by Crippen LogP contribution is 2.33. The Balaban J connectivity index is 1.75. The van der Waals surface area contributed by atoms with Gasteiger partial charge in [0.05, 0.1) is 7.05 Å². The quantitative estimate of drug-likeness (QED) is 0.585. The summed E-state index contributed by atoms with van der Waals surface area (Å²) >= 11 is 0. The van der Waals surface area contributed by atoms with Crippen LogP contribution in [0.1, 0.15) is 5.56 Å². The van der Waals surface area contributed by atoms with E-state index in [0.29, 0.717) is 11.1 Å². The second-order valence-electron chi connectivity index (χ2n) is 7.21. The second-order valence-corrected chi connectivity index (χ2v) is 7.21. The molecule has 0 aliphatic carbocycles. The first-order chi connectivity index (χ1) is 12.6. The van der Waals surface area contributed by atoms with Gasteiger partial charge in [0.1, 0.15) is 44.1 Å². The highest BCUT2D eigenvalue weighted by atomic mass is 16.4. The predicted octanol–water partition coefficient (Wildman–Crippen LogP) is 0.0788. The molecule has 134 valence electrons. The number of benzene rings is 2. The van der Waals surface area contributed by atoms with Crippen LogP contribution >= 0.6 is 0 Å². The van der Waals surface area contributed by atoms with Gasteiger partial charge in [0.25, 0.3) is 0 Å². The molecule has 1 saturated heterocycles. The summed E-state index contributed by atoms with van der Waals surface area (Å²) < 4.78 is 5.45. The molecule has 2 aromatic carbocycles. The first-order valence-corrected chi connectivity index (χ1v) is 9.10. The molecule has 0 saturated carbocycles. The topological polar surface area (TPSA) is 59.3 Å². The standard InChI is InChI=1S/C21H22N2O3/c1-22-7-9-23(10-8-22)14-16-11-21(25)26-20-13-17(19(24)12-18(16)20)15-5-3-2-4-6-15/h2-6,11-13,24H,7-10,14H2,1H3/p+2. The minimum atomic E-state index is -0.337. The molecule has 0 amide bonds. The van der Waals surface area contributed by atoms with Crippen molar-refractivity contribution in [3.8, 4) is 16.9 Å². The molecular weight excluding hydrogens is 328 g/mol. The van der Waals surface area contributed by atoms with Gasteiger partial charge in [-0.1, -0.05) is 30.3 Å². The normalized spacial score (nSPS) is 20.3. The van der Waals surface area contributed by atoms with E-state index >= 15 is 0 Å². The van der Waals surface area contributed by atoms with Crippen molar-refractivity contribution in [1.29, 1.82) is 0 Å². The summed E-state index contributed by atoms with van der Waals surface area (Å²) in [5.41, 5.74) is 2.71. The molecule has 1 aromatic heterocycles. The van der Waals surface area contributed by atoms with Crippen molar-refractivity contribution in [2.24, 2.45) is 0 Å². The van der Waals surface area contributed by atoms with Crippen LogP contribution in [0.2, 0.25) is 0 Å². The lowest BCUT2D eigenvalue weighted by Gasteiger charge is -2.27. The Bertz CT molecular complexity index is 974. The summed E-state index contributed by atoms with van der Waals surface area (Å²) in [6.45, 7) is 5.22. The molecule has 0 spiro atoms. The predicted molar refractivity (Wildman–Crippen MR) is 101 cm³/mol. The highest BCUT2D eigenvalue weighted by Gasteiger charge is 2.22. The summed E-state index contributed by atoms with van der Waals surface area (Å²) in [6, 6.07) is 14.7. The fraction of sp³-hybridized carbons (Fsp3) is 0.286. The Morgan fingerprint density at radius 3 is 2.50 bits per heavy atom. The Morgan fingerprint density at radius 2 is 1.77 bits per heavy atom. The molecule has 4 rings (SSSR count). The number of phenolic OH excluding ortho intramolecular Hbond substituents is 1. The van der Waals surface area contributed by atoms with E-state index < -0.39 is 0 Å². The van der Waals surface area contributed by atoms with Gasteiger partial charge in [-0.05, 0) is 17.7 Å². The van der Waals surface area contributed by atoms with Gasteiger partial charge in [0, 0.05) is 22.6 Å². The number of nitrogens with one attached hydrogen (secondary N) is 2. The maximum absolute atomic E-state index is 12.1. The van der Waals surface area contributed by atoms with Gasteiger partial charge in [-0.15, -0.1) is 0 Å². The Labute approximate surface area is 152 Å². The zero-order valence-electron chi connectivity index (χ0n) is 14.9. The van der Waals surface area contributed by atoms with E-state index in [9.17, 15) is 9.90 Å². The van der Waals surface area contributed by atoms with Gasteiger partial charge in [0.15, 0.2) is 0 Å². The minimum Gasteiger partial charge on any atom is -0.507 e. The molecule has 0 radical (unpaired) electrons. The lowest BCUT2D eigenvalue weighted by Crippen LogP contribution is -3.26. The number of likely N-dealkylation sites (N-methyl/N-ethyl adjacent to an activating group) is 1. The van der Waals surface area contributed by atoms with Crippen LogP contribution in [0, 0.1) is 0 Å². The van der Waals surface area contributed by atoms with Gasteiger partial charge in [0.2, 0.25) is 0 Å². The highest BCUT2D eigenvalue weighted by molar-refractivity contribution is 5.88. The molecule has 3 N–H and O–H groups in total. The van der Waals surface area contributed by atoms with E-state index in [2.05, 4.69) is 7.05 Å². The summed E-state index contributed by atoms with van der Waals surface area (Å²) in [6.07, 6.45) is 0. The third-order valence-corrected chi connectivity index (χ3v) is 5.28. The Kier molecular flexibility index (Phi) is 4.49. The van der Waals surface area contributed by atoms with Crippen molar-refractivity contribution >= 4 is 11.0 Å². The van der Waals surface area contributed by atoms with Gasteiger partial charge in [-0.25, -0.2) is 4.79 Å². The van der Waals surface area contributed by atoms with Crippen molar-refractivity contribution < 1.29 is 19.3 Å². The van der Waals surface area contributed by atoms with Crippen LogP contribution in [0.15, 0.2) is 57.7 Å². The maximum atomic E-state index is 12.1. The zero-order valence-corrected chi connectivity index (χ0v) is 14.9. The molecule has 26 heavy (non-hydrogen) atoms. The van der Waals surface area contributed by atoms with E-state index in [1.807, 2.05) is 30.3 Å². The van der Waals surface area contributed by atoms with Crippen molar-refractivity contribution in [3.63, 3.8) is 0 Å². The van der Waals surface area contributed by atoms with Crippen LogP contribution in [0.5, 0.6) is 5.75 Å². The number of fused-ring (bicyclic) bond motifs is 1. The lowest BCUT2D eigenvalue weighted by atomic mass is 10.0. The fourth-order valence-corrected chi connectivity index (χ4v) is 3.73. The first kappa shape index (κ1) is 16.8. The van der Waals surface area contributed by atoms with Gasteiger partial charge >= 0.3 is 5.63 Å². The largest absolute Gasteiger partial charge is 0.507 e. The molecule has 0 atom stereocenters. The SMILES string of the molecule is C[NH+]1CC[NH+](Cc2cc(=O)oc3cc(-c4ccccc4)c(O)cc23)CC1. The average molecular weight is 352 g/mol. The number of aromatic hydroxyl groups is 1. The fourth-order valence-electron chi connectivity index (χ4n) is 3.73. The lowest BCUT2D eigenvalue weighted by molar-refractivity contribution is -1.01. The third-order valence-electron chi connectivity index (χ3n) is 5.28. The molecule has 1 aliphatic heterocycles. The molecule has 0 unspecified atom stereocenters. The molecule has 1 fully saturated rings. The summed E-state index contributed by atoms with van der Waals surface area (Å²) in [5, 5.41) is 11.4. The molecule has 2 heterocycles. The number of rotatable bonds is 3. The van der Waals surface area contributed by atoms with E-state index in [4.69, 9.17) is 4.42 Å². The molecular formula is C21H24N2O3+2. The number of hydrogen-bond acceptors (Lipinski definition) is 3. The van der Waals surface area contributed by atoms with Crippen molar-refractivity contribution in [2.75, 3.05) is 33.2 Å². The Morgan fingerprint density at radius 1 is 1.04 bits per heavy atom. The van der Waals surface area contributed by atoms with E-state index in [1.165, 1.54) is 4.90 Å². The molecule has 0 bridgehead atoms. The minimum absolute atomic E-state index is 0.205. The number of quaternary nitrogens is 2. The van der Waals surface area contributed by atoms with E-state index in [1.54, 1.807) is 23.1 Å². The van der Waals surface area contributed by atoms with Crippen LogP contribution < -0.4 is 15.4 Å². The monoisotopic (exact) mass is 352 g/mol. The van der Waals surface area contributed by atoms with E-state index in [0.717, 1.165) is 49.2 Å². The molecule has 5 nitrogen and oxygen atoms in total. The van der Waals surface area contributed by atoms with Crippen LogP contribution in [0.25, 0.3) is 22.1 Å². The zero-order chi connectivity index (χ0) is 18.1. The smallest absolute Gasteiger partial charge is 0.336 e. The number of piperazine rings is 1. The molecule has 3 aromatic rings. The van der Waals surface area contributed by atoms with Crippen molar-refractivity contribution in [3.05, 3.63) is 64.5 Å². The average Bonchev–Trinajstić information content (AvgIpc) is 2.64. The maximum Gasteiger partial charge on any atom is 0.336 e. The number of phenols is 1. The molecule has 5 heteroatoms. The van der Waals surface area contributed by atoms with Crippen LogP contribution in [-0.2, 0) is 6.54 Å². The summed E-state index contributed by atoms with van der Waals surface area (Å²) in [7, 11) is 2.21. The van der Waals surface area contributed by atoms with Crippen LogP contribution in [-0.4, -0.2) is 38.3 Å². The summed E-state index contributed by atoms with van der Waals surface area (Å²) in [5.74, 6) is 0.205. The van der Waals surface area contributed by atoms with E-state index in [-0.39, 0.29) is 11.4 Å².